The van der Waals surface area contributed by atoms with Crippen LogP contribution in [-0.4, -0.2) is 35.2 Å². The molecule has 3 heterocycles. The van der Waals surface area contributed by atoms with E-state index in [0.29, 0.717) is 17.2 Å². The van der Waals surface area contributed by atoms with Crippen LogP contribution in [0.5, 0.6) is 0 Å². The zero-order chi connectivity index (χ0) is 16.5. The van der Waals surface area contributed by atoms with E-state index in [-0.39, 0.29) is 11.9 Å². The fourth-order valence-electron chi connectivity index (χ4n) is 3.43. The van der Waals surface area contributed by atoms with E-state index in [2.05, 4.69) is 27.7 Å². The molecule has 2 aromatic rings. The third kappa shape index (κ3) is 3.02. The molecule has 1 saturated heterocycles. The highest BCUT2D eigenvalue weighted by molar-refractivity contribution is 6.06. The van der Waals surface area contributed by atoms with Crippen molar-refractivity contribution in [3.05, 3.63) is 23.0 Å². The summed E-state index contributed by atoms with van der Waals surface area (Å²) in [6.45, 7) is 4.01. The third-order valence-electron chi connectivity index (χ3n) is 4.94. The zero-order valence-electron chi connectivity index (χ0n) is 14.1. The number of hydrogen-bond donors (Lipinski definition) is 2. The maximum absolute atomic E-state index is 12.9. The molecule has 1 saturated carbocycles. The van der Waals surface area contributed by atoms with Crippen molar-refractivity contribution in [1.82, 2.24) is 20.8 Å². The summed E-state index contributed by atoms with van der Waals surface area (Å²) < 4.78 is 5.45. The molecule has 1 aliphatic heterocycles. The lowest BCUT2D eigenvalue weighted by Gasteiger charge is -2.23. The van der Waals surface area contributed by atoms with Crippen molar-refractivity contribution in [2.45, 2.75) is 57.4 Å². The Morgan fingerprint density at radius 1 is 1.33 bits per heavy atom. The van der Waals surface area contributed by atoms with Gasteiger partial charge in [-0.3, -0.25) is 4.79 Å². The lowest BCUT2D eigenvalue weighted by atomic mass is 10.0. The van der Waals surface area contributed by atoms with Crippen LogP contribution in [0.2, 0.25) is 0 Å². The molecule has 0 spiro atoms. The Hall–Kier alpha value is -1.95. The zero-order valence-corrected chi connectivity index (χ0v) is 14.1. The van der Waals surface area contributed by atoms with Crippen molar-refractivity contribution in [2.24, 2.45) is 0 Å². The van der Waals surface area contributed by atoms with Crippen LogP contribution < -0.4 is 10.6 Å². The summed E-state index contributed by atoms with van der Waals surface area (Å²) in [5.74, 6) is 0.455. The predicted molar refractivity (Wildman–Crippen MR) is 91.1 cm³/mol. The van der Waals surface area contributed by atoms with Crippen LogP contribution in [0.1, 0.15) is 66.7 Å². The summed E-state index contributed by atoms with van der Waals surface area (Å²) in [7, 11) is 0. The number of aryl methyl sites for hydroxylation is 1. The molecule has 2 fully saturated rings. The Balaban J connectivity index is 1.70. The number of amides is 1. The quantitative estimate of drug-likeness (QED) is 0.881. The minimum Gasteiger partial charge on any atom is -0.349 e. The predicted octanol–water partition coefficient (Wildman–Crippen LogP) is 2.53. The molecule has 0 unspecified atom stereocenters. The molecular weight excluding hydrogens is 304 g/mol. The van der Waals surface area contributed by atoms with Gasteiger partial charge in [0.05, 0.1) is 16.6 Å². The number of hydrogen-bond acceptors (Lipinski definition) is 5. The van der Waals surface area contributed by atoms with Crippen LogP contribution in [0.4, 0.5) is 0 Å². The van der Waals surface area contributed by atoms with Crippen LogP contribution in [0, 0.1) is 0 Å². The van der Waals surface area contributed by atoms with Crippen LogP contribution in [0.3, 0.4) is 0 Å². The largest absolute Gasteiger partial charge is 0.349 e. The molecule has 6 nitrogen and oxygen atoms in total. The highest BCUT2D eigenvalue weighted by Gasteiger charge is 2.29. The van der Waals surface area contributed by atoms with Crippen LogP contribution in [0.25, 0.3) is 11.1 Å². The number of carbonyl (C=O) groups is 1. The van der Waals surface area contributed by atoms with Crippen molar-refractivity contribution in [3.8, 4) is 0 Å². The van der Waals surface area contributed by atoms with Crippen LogP contribution in [-0.2, 0) is 6.42 Å². The van der Waals surface area contributed by atoms with Gasteiger partial charge in [-0.1, -0.05) is 18.5 Å². The lowest BCUT2D eigenvalue weighted by Crippen LogP contribution is -2.42. The van der Waals surface area contributed by atoms with Crippen LogP contribution in [0.15, 0.2) is 10.6 Å². The first kappa shape index (κ1) is 15.6. The molecule has 1 amide bonds. The van der Waals surface area contributed by atoms with Gasteiger partial charge in [-0.15, -0.1) is 0 Å². The number of aromatic nitrogens is 2. The Kier molecular flexibility index (Phi) is 4.22. The summed E-state index contributed by atoms with van der Waals surface area (Å²) in [6.07, 6.45) is 5.99. The number of piperidine rings is 1. The van der Waals surface area contributed by atoms with Crippen molar-refractivity contribution in [2.75, 3.05) is 13.1 Å². The second kappa shape index (κ2) is 6.51. The molecule has 1 aliphatic carbocycles. The standard InChI is InChI=1S/C18H24N4O2/c1-2-3-14-16-13(17(23)20-12-6-8-19-9-7-12)10-15(11-4-5-11)21-18(16)24-22-14/h10-12,19H,2-9H2,1H3,(H,20,23). The number of pyridine rings is 1. The van der Waals surface area contributed by atoms with E-state index in [1.165, 1.54) is 0 Å². The monoisotopic (exact) mass is 328 g/mol. The topological polar surface area (TPSA) is 80.0 Å². The number of nitrogens with one attached hydrogen (secondary N) is 2. The van der Waals surface area contributed by atoms with E-state index in [1.807, 2.05) is 6.07 Å². The summed E-state index contributed by atoms with van der Waals surface area (Å²) in [5.41, 5.74) is 3.01. The molecular formula is C18H24N4O2. The van der Waals surface area contributed by atoms with E-state index >= 15 is 0 Å². The molecule has 0 aromatic carbocycles. The van der Waals surface area contributed by atoms with Gasteiger partial charge < -0.3 is 15.2 Å². The highest BCUT2D eigenvalue weighted by Crippen LogP contribution is 2.40. The second-order valence-corrected chi connectivity index (χ2v) is 6.93. The number of rotatable bonds is 5. The van der Waals surface area contributed by atoms with Gasteiger partial charge in [0.2, 0.25) is 0 Å². The molecule has 2 aliphatic rings. The molecule has 6 heteroatoms. The summed E-state index contributed by atoms with van der Waals surface area (Å²) in [6, 6.07) is 2.20. The van der Waals surface area contributed by atoms with Crippen molar-refractivity contribution in [3.63, 3.8) is 0 Å². The molecule has 24 heavy (non-hydrogen) atoms. The SMILES string of the molecule is CCCc1noc2nc(C3CC3)cc(C(=O)NC3CCNCC3)c12. The van der Waals surface area contributed by atoms with Gasteiger partial charge in [-0.25, -0.2) is 4.98 Å². The van der Waals surface area contributed by atoms with Crippen molar-refractivity contribution < 1.29 is 9.32 Å². The maximum atomic E-state index is 12.9. The van der Waals surface area contributed by atoms with Crippen molar-refractivity contribution in [1.29, 1.82) is 0 Å². The third-order valence-corrected chi connectivity index (χ3v) is 4.94. The number of fused-ring (bicyclic) bond motifs is 1. The number of carbonyl (C=O) groups excluding carboxylic acids is 1. The molecule has 128 valence electrons. The van der Waals surface area contributed by atoms with Gasteiger partial charge in [0.1, 0.15) is 0 Å². The smallest absolute Gasteiger partial charge is 0.259 e. The minimum absolute atomic E-state index is 0.0169. The Labute approximate surface area is 141 Å². The molecule has 4 rings (SSSR count). The average molecular weight is 328 g/mol. The average Bonchev–Trinajstić information content (AvgIpc) is 3.38. The first-order valence-electron chi connectivity index (χ1n) is 9.07. The first-order valence-corrected chi connectivity index (χ1v) is 9.07. The first-order chi connectivity index (χ1) is 11.8. The Morgan fingerprint density at radius 3 is 2.83 bits per heavy atom. The Morgan fingerprint density at radius 2 is 2.12 bits per heavy atom. The molecule has 0 bridgehead atoms. The van der Waals surface area contributed by atoms with Gasteiger partial charge in [-0.05, 0) is 51.3 Å². The van der Waals surface area contributed by atoms with Gasteiger partial charge in [0.15, 0.2) is 0 Å². The van der Waals surface area contributed by atoms with E-state index in [1.54, 1.807) is 0 Å². The normalized spacial score (nSPS) is 18.9. The van der Waals surface area contributed by atoms with Gasteiger partial charge in [0, 0.05) is 17.7 Å². The fraction of sp³-hybridized carbons (Fsp3) is 0.611. The van der Waals surface area contributed by atoms with E-state index in [9.17, 15) is 4.79 Å². The summed E-state index contributed by atoms with van der Waals surface area (Å²) in [5, 5.41) is 11.5. The molecule has 2 N–H and O–H groups in total. The summed E-state index contributed by atoms with van der Waals surface area (Å²) in [4.78, 5) is 17.6. The summed E-state index contributed by atoms with van der Waals surface area (Å²) >= 11 is 0. The molecule has 2 aromatic heterocycles. The Bertz CT molecular complexity index is 745. The molecule has 0 atom stereocenters. The van der Waals surface area contributed by atoms with Gasteiger partial charge >= 0.3 is 0 Å². The van der Waals surface area contributed by atoms with Crippen LogP contribution >= 0.6 is 0 Å². The lowest BCUT2D eigenvalue weighted by molar-refractivity contribution is 0.0931. The second-order valence-electron chi connectivity index (χ2n) is 6.93. The minimum atomic E-state index is -0.0169. The highest BCUT2D eigenvalue weighted by atomic mass is 16.5. The van der Waals surface area contributed by atoms with E-state index < -0.39 is 0 Å². The molecule has 0 radical (unpaired) electrons. The van der Waals surface area contributed by atoms with E-state index in [4.69, 9.17) is 4.52 Å². The fourth-order valence-corrected chi connectivity index (χ4v) is 3.43. The van der Waals surface area contributed by atoms with Crippen molar-refractivity contribution >= 4 is 17.0 Å². The van der Waals surface area contributed by atoms with Gasteiger partial charge in [0.25, 0.3) is 11.6 Å². The maximum Gasteiger partial charge on any atom is 0.259 e. The van der Waals surface area contributed by atoms with E-state index in [0.717, 1.165) is 68.4 Å². The van der Waals surface area contributed by atoms with Gasteiger partial charge in [-0.2, -0.15) is 0 Å². The number of nitrogens with zero attached hydrogens (tertiary/aromatic N) is 2.